The zero-order valence-electron chi connectivity index (χ0n) is 20.1. The van der Waals surface area contributed by atoms with Gasteiger partial charge in [-0.2, -0.15) is 0 Å². The van der Waals surface area contributed by atoms with Gasteiger partial charge >= 0.3 is 0 Å². The van der Waals surface area contributed by atoms with Gasteiger partial charge in [-0.05, 0) is 52.2 Å². The second-order valence-corrected chi connectivity index (χ2v) is 9.16. The summed E-state index contributed by atoms with van der Waals surface area (Å²) < 4.78 is 6.04. The van der Waals surface area contributed by atoms with Crippen molar-refractivity contribution in [3.8, 4) is 39.6 Å². The van der Waals surface area contributed by atoms with Gasteiger partial charge in [0.15, 0.2) is 0 Å². The zero-order chi connectivity index (χ0) is 26.1. The second kappa shape index (κ2) is 9.88. The van der Waals surface area contributed by atoms with Gasteiger partial charge in [0.25, 0.3) is 5.91 Å². The predicted molar refractivity (Wildman–Crippen MR) is 151 cm³/mol. The molecule has 184 valence electrons. The van der Waals surface area contributed by atoms with Crippen LogP contribution in [0.4, 0.5) is 5.88 Å². The van der Waals surface area contributed by atoms with Gasteiger partial charge < -0.3 is 9.52 Å². The molecule has 0 unspecified atom stereocenters. The molecular formula is C32H21ClN2O3. The first-order valence-corrected chi connectivity index (χ1v) is 12.4. The largest absolute Gasteiger partial charge is 0.507 e. The van der Waals surface area contributed by atoms with E-state index in [1.807, 2.05) is 48.5 Å². The molecule has 0 fully saturated rings. The Morgan fingerprint density at radius 3 is 2.29 bits per heavy atom. The van der Waals surface area contributed by atoms with E-state index in [9.17, 15) is 9.90 Å². The lowest BCUT2D eigenvalue weighted by molar-refractivity contribution is 0.102. The van der Waals surface area contributed by atoms with E-state index in [2.05, 4.69) is 28.5 Å². The van der Waals surface area contributed by atoms with E-state index in [1.165, 1.54) is 0 Å². The lowest BCUT2D eigenvalue weighted by Crippen LogP contribution is -2.11. The molecule has 2 N–H and O–H groups in total. The molecule has 1 heterocycles. The normalized spacial score (nSPS) is 11.0. The van der Waals surface area contributed by atoms with Gasteiger partial charge in [-0.3, -0.25) is 10.1 Å². The molecule has 1 aromatic heterocycles. The molecule has 0 bridgehead atoms. The molecule has 6 heteroatoms. The molecule has 0 aliphatic rings. The number of oxazole rings is 1. The lowest BCUT2D eigenvalue weighted by atomic mass is 9.97. The highest BCUT2D eigenvalue weighted by molar-refractivity contribution is 6.33. The molecule has 6 aromatic rings. The third-order valence-electron chi connectivity index (χ3n) is 6.35. The van der Waals surface area contributed by atoms with Crippen LogP contribution in [0.2, 0.25) is 5.02 Å². The summed E-state index contributed by atoms with van der Waals surface area (Å²) in [6, 6.07) is 35.5. The third kappa shape index (κ3) is 4.40. The van der Waals surface area contributed by atoms with Crippen molar-refractivity contribution in [1.82, 2.24) is 4.98 Å². The summed E-state index contributed by atoms with van der Waals surface area (Å²) in [6.07, 6.45) is 0. The number of nitrogens with one attached hydrogen (secondary N) is 1. The van der Waals surface area contributed by atoms with Crippen LogP contribution in [0.25, 0.3) is 44.6 Å². The first-order valence-electron chi connectivity index (χ1n) is 12.0. The monoisotopic (exact) mass is 516 g/mol. The maximum Gasteiger partial charge on any atom is 0.258 e. The van der Waals surface area contributed by atoms with E-state index < -0.39 is 0 Å². The average molecular weight is 517 g/mol. The summed E-state index contributed by atoms with van der Waals surface area (Å²) in [4.78, 5) is 17.6. The van der Waals surface area contributed by atoms with E-state index in [0.29, 0.717) is 27.4 Å². The van der Waals surface area contributed by atoms with Crippen molar-refractivity contribution in [2.75, 3.05) is 5.32 Å². The van der Waals surface area contributed by atoms with Crippen molar-refractivity contribution < 1.29 is 14.3 Å². The summed E-state index contributed by atoms with van der Waals surface area (Å²) in [7, 11) is 0. The minimum Gasteiger partial charge on any atom is -0.507 e. The number of fused-ring (bicyclic) bond motifs is 1. The molecule has 0 spiro atoms. The fraction of sp³-hybridized carbons (Fsp3) is 0. The van der Waals surface area contributed by atoms with Gasteiger partial charge in [-0.1, -0.05) is 96.5 Å². The minimum absolute atomic E-state index is 0.00308. The highest BCUT2D eigenvalue weighted by Gasteiger charge is 2.22. The van der Waals surface area contributed by atoms with Crippen LogP contribution in [-0.4, -0.2) is 16.0 Å². The van der Waals surface area contributed by atoms with Gasteiger partial charge in [0.2, 0.25) is 11.8 Å². The fourth-order valence-corrected chi connectivity index (χ4v) is 4.70. The summed E-state index contributed by atoms with van der Waals surface area (Å²) >= 11 is 6.46. The van der Waals surface area contributed by atoms with Gasteiger partial charge in [-0.25, -0.2) is 4.98 Å². The number of hydrogen-bond acceptors (Lipinski definition) is 4. The Hall–Kier alpha value is -4.87. The number of aromatic nitrogens is 1. The van der Waals surface area contributed by atoms with Crippen LogP contribution in [0.15, 0.2) is 120 Å². The van der Waals surface area contributed by atoms with Gasteiger partial charge in [0.1, 0.15) is 11.4 Å². The van der Waals surface area contributed by atoms with Gasteiger partial charge in [0, 0.05) is 11.1 Å². The highest BCUT2D eigenvalue weighted by atomic mass is 35.5. The lowest BCUT2D eigenvalue weighted by Gasteiger charge is -2.09. The van der Waals surface area contributed by atoms with Crippen LogP contribution in [0.5, 0.6) is 5.75 Å². The number of halogens is 1. The number of hydrogen-bond donors (Lipinski definition) is 2. The number of aromatic hydroxyl groups is 1. The Bertz CT molecular complexity index is 1790. The van der Waals surface area contributed by atoms with Gasteiger partial charge in [0.05, 0.1) is 10.6 Å². The molecule has 0 aliphatic carbocycles. The van der Waals surface area contributed by atoms with Gasteiger partial charge in [-0.15, -0.1) is 0 Å². The van der Waals surface area contributed by atoms with Crippen molar-refractivity contribution in [2.24, 2.45) is 0 Å². The molecule has 6 rings (SSSR count). The smallest absolute Gasteiger partial charge is 0.258 e. The number of rotatable bonds is 5. The zero-order valence-corrected chi connectivity index (χ0v) is 20.8. The number of carbonyl (C=O) groups is 1. The number of amides is 1. The Balaban J connectivity index is 1.42. The molecule has 0 atom stereocenters. The molecule has 5 nitrogen and oxygen atoms in total. The third-order valence-corrected chi connectivity index (χ3v) is 6.68. The Kier molecular flexibility index (Phi) is 6.12. The maximum absolute atomic E-state index is 12.9. The van der Waals surface area contributed by atoms with Crippen molar-refractivity contribution in [1.29, 1.82) is 0 Å². The SMILES string of the molecule is O=C(Nc1oc(-c2ccc(-c3cccc4ccccc34)cc2O)nc1-c1ccccc1Cl)c1ccccc1. The van der Waals surface area contributed by atoms with Crippen molar-refractivity contribution in [3.05, 3.63) is 126 Å². The number of benzene rings is 5. The Morgan fingerprint density at radius 1 is 0.763 bits per heavy atom. The van der Waals surface area contributed by atoms with Crippen LogP contribution in [-0.2, 0) is 0 Å². The van der Waals surface area contributed by atoms with E-state index in [4.69, 9.17) is 16.0 Å². The molecular weight excluding hydrogens is 496 g/mol. The maximum atomic E-state index is 12.9. The molecule has 0 radical (unpaired) electrons. The first kappa shape index (κ1) is 23.5. The number of carbonyl (C=O) groups excluding carboxylic acids is 1. The Morgan fingerprint density at radius 2 is 1.47 bits per heavy atom. The molecule has 38 heavy (non-hydrogen) atoms. The van der Waals surface area contributed by atoms with E-state index >= 15 is 0 Å². The summed E-state index contributed by atoms with van der Waals surface area (Å²) in [5.41, 5.74) is 3.69. The van der Waals surface area contributed by atoms with Crippen LogP contribution < -0.4 is 5.32 Å². The van der Waals surface area contributed by atoms with Crippen LogP contribution in [0.3, 0.4) is 0 Å². The summed E-state index contributed by atoms with van der Waals surface area (Å²) in [5.74, 6) is -0.0507. The fourth-order valence-electron chi connectivity index (χ4n) is 4.48. The van der Waals surface area contributed by atoms with Crippen LogP contribution in [0, 0.1) is 0 Å². The number of nitrogens with zero attached hydrogens (tertiary/aromatic N) is 1. The first-order chi connectivity index (χ1) is 18.6. The average Bonchev–Trinajstić information content (AvgIpc) is 3.36. The number of anilines is 1. The van der Waals surface area contributed by atoms with Crippen LogP contribution in [0.1, 0.15) is 10.4 Å². The number of phenolic OH excluding ortho intramolecular Hbond substituents is 1. The summed E-state index contributed by atoms with van der Waals surface area (Å²) in [6.45, 7) is 0. The highest BCUT2D eigenvalue weighted by Crippen LogP contribution is 2.40. The summed E-state index contributed by atoms with van der Waals surface area (Å²) in [5, 5.41) is 16.5. The van der Waals surface area contributed by atoms with Crippen molar-refractivity contribution >= 4 is 34.2 Å². The van der Waals surface area contributed by atoms with Crippen molar-refractivity contribution in [2.45, 2.75) is 0 Å². The molecule has 1 amide bonds. The van der Waals surface area contributed by atoms with E-state index in [1.54, 1.807) is 48.5 Å². The minimum atomic E-state index is -0.350. The van der Waals surface area contributed by atoms with E-state index in [-0.39, 0.29) is 23.4 Å². The Labute approximate surface area is 224 Å². The molecule has 0 saturated carbocycles. The standard InChI is InChI=1S/C32H21ClN2O3/c33-27-16-7-6-14-25(27)29-32(35-30(37)21-10-2-1-3-11-21)38-31(34-29)26-18-17-22(19-28(26)36)24-15-8-12-20-9-4-5-13-23(20)24/h1-19,36H,(H,35,37). The quantitative estimate of drug-likeness (QED) is 0.241. The number of phenols is 1. The molecule has 0 aliphatic heterocycles. The second-order valence-electron chi connectivity index (χ2n) is 8.76. The van der Waals surface area contributed by atoms with E-state index in [0.717, 1.165) is 21.9 Å². The molecule has 0 saturated heterocycles. The predicted octanol–water partition coefficient (Wildman–Crippen LogP) is 8.44. The topological polar surface area (TPSA) is 75.4 Å². The molecule has 5 aromatic carbocycles. The van der Waals surface area contributed by atoms with Crippen molar-refractivity contribution in [3.63, 3.8) is 0 Å². The van der Waals surface area contributed by atoms with Crippen LogP contribution >= 0.6 is 11.6 Å².